The van der Waals surface area contributed by atoms with Crippen molar-refractivity contribution in [3.05, 3.63) is 17.7 Å². The van der Waals surface area contributed by atoms with E-state index in [2.05, 4.69) is 10.6 Å². The first-order chi connectivity index (χ1) is 10.1. The molecule has 0 aromatic heterocycles. The second kappa shape index (κ2) is 6.97. The summed E-state index contributed by atoms with van der Waals surface area (Å²) in [6.45, 7) is 2.85. The molecule has 0 bridgehead atoms. The lowest BCUT2D eigenvalue weighted by atomic mass is 10.0. The first-order valence-electron chi connectivity index (χ1n) is 7.22. The predicted octanol–water partition coefficient (Wildman–Crippen LogP) is 1.91. The SMILES string of the molecule is CCOC(=O)CCCNc1cc2c(cc1N)NC(=O)CC2. The van der Waals surface area contributed by atoms with Crippen LogP contribution in [0.3, 0.4) is 0 Å². The van der Waals surface area contributed by atoms with E-state index in [1.807, 2.05) is 6.07 Å². The van der Waals surface area contributed by atoms with Gasteiger partial charge in [0.15, 0.2) is 0 Å². The van der Waals surface area contributed by atoms with Gasteiger partial charge in [0.2, 0.25) is 5.91 Å². The Balaban J connectivity index is 1.89. The van der Waals surface area contributed by atoms with Gasteiger partial charge in [-0.3, -0.25) is 9.59 Å². The van der Waals surface area contributed by atoms with Crippen LogP contribution in [0.15, 0.2) is 12.1 Å². The summed E-state index contributed by atoms with van der Waals surface area (Å²) in [4.78, 5) is 22.6. The van der Waals surface area contributed by atoms with Gasteiger partial charge in [0, 0.05) is 25.1 Å². The Hall–Kier alpha value is -2.24. The molecule has 4 N–H and O–H groups in total. The number of rotatable bonds is 6. The summed E-state index contributed by atoms with van der Waals surface area (Å²) in [5.41, 5.74) is 9.28. The van der Waals surface area contributed by atoms with E-state index < -0.39 is 0 Å². The number of esters is 1. The minimum absolute atomic E-state index is 0.0250. The van der Waals surface area contributed by atoms with E-state index in [-0.39, 0.29) is 11.9 Å². The highest BCUT2D eigenvalue weighted by Crippen LogP contribution is 2.30. The number of carbonyl (C=O) groups excluding carboxylic acids is 2. The molecule has 0 aliphatic carbocycles. The van der Waals surface area contributed by atoms with Crippen molar-refractivity contribution in [2.45, 2.75) is 32.6 Å². The van der Waals surface area contributed by atoms with Gasteiger partial charge in [0.05, 0.1) is 18.0 Å². The van der Waals surface area contributed by atoms with E-state index in [1.165, 1.54) is 0 Å². The Bertz CT molecular complexity index is 543. The van der Waals surface area contributed by atoms with Crippen molar-refractivity contribution in [3.8, 4) is 0 Å². The van der Waals surface area contributed by atoms with Gasteiger partial charge in [-0.15, -0.1) is 0 Å². The van der Waals surface area contributed by atoms with Crippen LogP contribution in [0.1, 0.15) is 31.7 Å². The third-order valence-corrected chi connectivity index (χ3v) is 3.35. The van der Waals surface area contributed by atoms with Gasteiger partial charge in [0.25, 0.3) is 0 Å². The first kappa shape index (κ1) is 15.2. The molecule has 6 heteroatoms. The number of hydrogen-bond donors (Lipinski definition) is 3. The van der Waals surface area contributed by atoms with Gasteiger partial charge < -0.3 is 21.1 Å². The summed E-state index contributed by atoms with van der Waals surface area (Å²) >= 11 is 0. The molecule has 0 unspecified atom stereocenters. The maximum Gasteiger partial charge on any atom is 0.305 e. The second-order valence-corrected chi connectivity index (χ2v) is 4.98. The first-order valence-corrected chi connectivity index (χ1v) is 7.22. The van der Waals surface area contributed by atoms with Crippen LogP contribution in [-0.2, 0) is 20.7 Å². The van der Waals surface area contributed by atoms with Gasteiger partial charge in [-0.1, -0.05) is 0 Å². The maximum absolute atomic E-state index is 11.3. The van der Waals surface area contributed by atoms with Gasteiger partial charge in [-0.2, -0.15) is 0 Å². The van der Waals surface area contributed by atoms with Crippen molar-refractivity contribution in [2.75, 3.05) is 29.5 Å². The Morgan fingerprint density at radius 2 is 2.24 bits per heavy atom. The average molecular weight is 291 g/mol. The van der Waals surface area contributed by atoms with Gasteiger partial charge in [-0.25, -0.2) is 0 Å². The van der Waals surface area contributed by atoms with Gasteiger partial charge in [-0.05, 0) is 37.5 Å². The van der Waals surface area contributed by atoms with Crippen LogP contribution in [0.2, 0.25) is 0 Å². The smallest absolute Gasteiger partial charge is 0.305 e. The zero-order valence-electron chi connectivity index (χ0n) is 12.2. The number of fused-ring (bicyclic) bond motifs is 1. The highest BCUT2D eigenvalue weighted by Gasteiger charge is 2.16. The van der Waals surface area contributed by atoms with E-state index in [9.17, 15) is 9.59 Å². The van der Waals surface area contributed by atoms with Gasteiger partial charge >= 0.3 is 5.97 Å². The molecule has 1 heterocycles. The summed E-state index contributed by atoms with van der Waals surface area (Å²) in [6.07, 6.45) is 2.30. The highest BCUT2D eigenvalue weighted by molar-refractivity contribution is 5.95. The molecular weight excluding hydrogens is 270 g/mol. The molecule has 0 radical (unpaired) electrons. The third-order valence-electron chi connectivity index (χ3n) is 3.35. The fraction of sp³-hybridized carbons (Fsp3) is 0.467. The van der Waals surface area contributed by atoms with Crippen LogP contribution < -0.4 is 16.4 Å². The topological polar surface area (TPSA) is 93.4 Å². The highest BCUT2D eigenvalue weighted by atomic mass is 16.5. The predicted molar refractivity (Wildman–Crippen MR) is 82.2 cm³/mol. The van der Waals surface area contributed by atoms with Crippen molar-refractivity contribution in [3.63, 3.8) is 0 Å². The Labute approximate surface area is 124 Å². The number of nitrogen functional groups attached to an aromatic ring is 1. The van der Waals surface area contributed by atoms with Crippen molar-refractivity contribution < 1.29 is 14.3 Å². The summed E-state index contributed by atoms with van der Waals surface area (Å²) in [5, 5.41) is 6.04. The van der Waals surface area contributed by atoms with Crippen LogP contribution in [0.5, 0.6) is 0 Å². The van der Waals surface area contributed by atoms with Crippen LogP contribution in [-0.4, -0.2) is 25.0 Å². The summed E-state index contributed by atoms with van der Waals surface area (Å²) < 4.78 is 4.87. The molecule has 1 aromatic carbocycles. The van der Waals surface area contributed by atoms with E-state index in [1.54, 1.807) is 13.0 Å². The minimum Gasteiger partial charge on any atom is -0.466 e. The average Bonchev–Trinajstić information content (AvgIpc) is 2.44. The van der Waals surface area contributed by atoms with E-state index in [0.29, 0.717) is 38.1 Å². The standard InChI is InChI=1S/C15H21N3O3/c1-2-21-15(20)4-3-7-17-13-8-10-5-6-14(19)18-12(10)9-11(13)16/h8-9,17H,2-7,16H2,1H3,(H,18,19). The monoisotopic (exact) mass is 291 g/mol. The molecule has 0 spiro atoms. The van der Waals surface area contributed by atoms with Crippen molar-refractivity contribution >= 4 is 28.9 Å². The number of nitrogens with two attached hydrogens (primary N) is 1. The van der Waals surface area contributed by atoms with Crippen LogP contribution in [0.25, 0.3) is 0 Å². The summed E-state index contributed by atoms with van der Waals surface area (Å²) in [6, 6.07) is 3.74. The summed E-state index contributed by atoms with van der Waals surface area (Å²) in [7, 11) is 0. The van der Waals surface area contributed by atoms with E-state index in [4.69, 9.17) is 10.5 Å². The lowest BCUT2D eigenvalue weighted by Gasteiger charge is -2.19. The molecule has 21 heavy (non-hydrogen) atoms. The van der Waals surface area contributed by atoms with Crippen LogP contribution in [0, 0.1) is 0 Å². The number of carbonyl (C=O) groups is 2. The number of aryl methyl sites for hydroxylation is 1. The van der Waals surface area contributed by atoms with E-state index in [0.717, 1.165) is 23.4 Å². The largest absolute Gasteiger partial charge is 0.466 e. The zero-order valence-corrected chi connectivity index (χ0v) is 12.2. The Kier molecular flexibility index (Phi) is 5.03. The van der Waals surface area contributed by atoms with Crippen molar-refractivity contribution in [2.24, 2.45) is 0 Å². The number of anilines is 3. The molecule has 1 aliphatic heterocycles. The lowest BCUT2D eigenvalue weighted by Crippen LogP contribution is -2.19. The number of amides is 1. The molecule has 1 aromatic rings. The molecule has 0 fully saturated rings. The molecule has 2 rings (SSSR count). The molecular formula is C15H21N3O3. The molecule has 1 amide bonds. The normalized spacial score (nSPS) is 13.3. The summed E-state index contributed by atoms with van der Waals surface area (Å²) in [5.74, 6) is -0.155. The zero-order chi connectivity index (χ0) is 15.2. The fourth-order valence-electron chi connectivity index (χ4n) is 2.29. The van der Waals surface area contributed by atoms with E-state index >= 15 is 0 Å². The molecule has 114 valence electrons. The van der Waals surface area contributed by atoms with Crippen LogP contribution in [0.4, 0.5) is 17.1 Å². The molecule has 6 nitrogen and oxygen atoms in total. The number of hydrogen-bond acceptors (Lipinski definition) is 5. The van der Waals surface area contributed by atoms with Crippen LogP contribution >= 0.6 is 0 Å². The number of nitrogens with one attached hydrogen (secondary N) is 2. The minimum atomic E-state index is -0.180. The maximum atomic E-state index is 11.3. The van der Waals surface area contributed by atoms with Crippen molar-refractivity contribution in [1.29, 1.82) is 0 Å². The lowest BCUT2D eigenvalue weighted by molar-refractivity contribution is -0.143. The molecule has 1 aliphatic rings. The Morgan fingerprint density at radius 3 is 3.00 bits per heavy atom. The molecule has 0 atom stereocenters. The third kappa shape index (κ3) is 4.11. The Morgan fingerprint density at radius 1 is 1.43 bits per heavy atom. The molecule has 0 saturated heterocycles. The molecule has 0 saturated carbocycles. The second-order valence-electron chi connectivity index (χ2n) is 4.98. The number of benzene rings is 1. The van der Waals surface area contributed by atoms with Crippen molar-refractivity contribution in [1.82, 2.24) is 0 Å². The van der Waals surface area contributed by atoms with Gasteiger partial charge in [0.1, 0.15) is 0 Å². The quantitative estimate of drug-likeness (QED) is 0.423. The number of ether oxygens (including phenoxy) is 1. The fourth-order valence-corrected chi connectivity index (χ4v) is 2.29.